The molecule has 2 aromatic rings. The maximum Gasteiger partial charge on any atom is 0.185 e. The fourth-order valence-corrected chi connectivity index (χ4v) is 1.29. The molecule has 0 fully saturated rings. The third-order valence-corrected chi connectivity index (χ3v) is 2.09. The van der Waals surface area contributed by atoms with E-state index >= 15 is 0 Å². The van der Waals surface area contributed by atoms with Crippen molar-refractivity contribution in [2.75, 3.05) is 0 Å². The number of rotatable bonds is 1. The Balaban J connectivity index is 2.61. The van der Waals surface area contributed by atoms with Crippen molar-refractivity contribution in [2.24, 2.45) is 0 Å². The van der Waals surface area contributed by atoms with Crippen LogP contribution in [0.3, 0.4) is 0 Å². The normalized spacial score (nSPS) is 10.0. The topological polar surface area (TPSA) is 49.6 Å². The molecule has 0 N–H and O–H groups in total. The zero-order chi connectivity index (χ0) is 12.4. The molecule has 0 spiro atoms. The Hall–Kier alpha value is -2.42. The number of benzene rings is 1. The van der Waals surface area contributed by atoms with Crippen molar-refractivity contribution >= 4 is 0 Å². The van der Waals surface area contributed by atoms with E-state index in [1.807, 2.05) is 0 Å². The third kappa shape index (κ3) is 1.95. The Morgan fingerprint density at radius 1 is 1.06 bits per heavy atom. The van der Waals surface area contributed by atoms with Gasteiger partial charge in [-0.05, 0) is 18.2 Å². The lowest BCUT2D eigenvalue weighted by Gasteiger charge is -2.03. The molecule has 0 aliphatic rings. The van der Waals surface area contributed by atoms with Crippen molar-refractivity contribution in [3.8, 4) is 17.3 Å². The van der Waals surface area contributed by atoms with Crippen molar-refractivity contribution < 1.29 is 13.2 Å². The van der Waals surface area contributed by atoms with Crippen LogP contribution in [0.4, 0.5) is 13.2 Å². The molecule has 0 unspecified atom stereocenters. The van der Waals surface area contributed by atoms with Gasteiger partial charge in [0.25, 0.3) is 0 Å². The first-order valence-electron chi connectivity index (χ1n) is 4.49. The number of aromatic nitrogens is 2. The first kappa shape index (κ1) is 11.1. The molecule has 0 aliphatic heterocycles. The summed E-state index contributed by atoms with van der Waals surface area (Å²) in [5.41, 5.74) is -0.643. The maximum absolute atomic E-state index is 13.6. The summed E-state index contributed by atoms with van der Waals surface area (Å²) in [7, 11) is 0. The van der Waals surface area contributed by atoms with E-state index in [4.69, 9.17) is 5.26 Å². The van der Waals surface area contributed by atoms with Gasteiger partial charge in [-0.3, -0.25) is 0 Å². The van der Waals surface area contributed by atoms with Crippen molar-refractivity contribution in [1.29, 1.82) is 5.26 Å². The zero-order valence-corrected chi connectivity index (χ0v) is 8.28. The minimum atomic E-state index is -1.11. The second-order valence-electron chi connectivity index (χ2n) is 3.13. The third-order valence-electron chi connectivity index (χ3n) is 2.09. The Kier molecular flexibility index (Phi) is 2.75. The Bertz CT molecular complexity index is 620. The molecule has 0 saturated carbocycles. The second kappa shape index (κ2) is 4.22. The second-order valence-corrected chi connectivity index (χ2v) is 3.13. The highest BCUT2D eigenvalue weighted by Gasteiger charge is 2.14. The highest BCUT2D eigenvalue weighted by molar-refractivity contribution is 5.60. The molecule has 1 aromatic carbocycles. The summed E-state index contributed by atoms with van der Waals surface area (Å²) < 4.78 is 39.3. The molecular weight excluding hydrogens is 231 g/mol. The van der Waals surface area contributed by atoms with Crippen LogP contribution in [0.15, 0.2) is 24.5 Å². The number of nitrogens with zero attached hydrogens (tertiary/aromatic N) is 3. The molecule has 2 rings (SSSR count). The molecule has 3 nitrogen and oxygen atoms in total. The highest BCUT2D eigenvalue weighted by atomic mass is 19.2. The van der Waals surface area contributed by atoms with Crippen molar-refractivity contribution in [1.82, 2.24) is 9.97 Å². The SMILES string of the molecule is N#Cc1ncnc(-c2ccc(F)c(F)c2)c1F. The summed E-state index contributed by atoms with van der Waals surface area (Å²) in [5, 5.41) is 8.57. The molecule has 0 atom stereocenters. The fraction of sp³-hybridized carbons (Fsp3) is 0. The van der Waals surface area contributed by atoms with Gasteiger partial charge in [0.05, 0.1) is 0 Å². The average molecular weight is 235 g/mol. The van der Waals surface area contributed by atoms with Gasteiger partial charge in [-0.15, -0.1) is 0 Å². The van der Waals surface area contributed by atoms with Gasteiger partial charge >= 0.3 is 0 Å². The van der Waals surface area contributed by atoms with Crippen LogP contribution in [-0.2, 0) is 0 Å². The molecule has 0 aliphatic carbocycles. The summed E-state index contributed by atoms with van der Waals surface area (Å²) in [4.78, 5) is 7.01. The Morgan fingerprint density at radius 3 is 2.47 bits per heavy atom. The highest BCUT2D eigenvalue weighted by Crippen LogP contribution is 2.22. The predicted octanol–water partition coefficient (Wildman–Crippen LogP) is 2.43. The van der Waals surface area contributed by atoms with Crippen LogP contribution in [-0.4, -0.2) is 9.97 Å². The van der Waals surface area contributed by atoms with Gasteiger partial charge in [0.2, 0.25) is 0 Å². The standard InChI is InChI=1S/C11H4F3N3/c12-7-2-1-6(3-8(7)13)11-10(14)9(4-15)16-5-17-11/h1-3,5H. The molecule has 1 aromatic heterocycles. The predicted molar refractivity (Wildman–Crippen MR) is 52.1 cm³/mol. The first-order chi connectivity index (χ1) is 8.13. The van der Waals surface area contributed by atoms with Crippen molar-refractivity contribution in [3.63, 3.8) is 0 Å². The summed E-state index contributed by atoms with van der Waals surface area (Å²) in [6.45, 7) is 0. The Morgan fingerprint density at radius 2 is 1.82 bits per heavy atom. The number of nitriles is 1. The van der Waals surface area contributed by atoms with Crippen molar-refractivity contribution in [2.45, 2.75) is 0 Å². The van der Waals surface area contributed by atoms with E-state index in [-0.39, 0.29) is 11.3 Å². The van der Waals surface area contributed by atoms with Gasteiger partial charge in [0.15, 0.2) is 23.1 Å². The molecule has 6 heteroatoms. The largest absolute Gasteiger partial charge is 0.233 e. The fourth-order valence-electron chi connectivity index (χ4n) is 1.29. The minimum Gasteiger partial charge on any atom is -0.233 e. The van der Waals surface area contributed by atoms with E-state index in [9.17, 15) is 13.2 Å². The summed E-state index contributed by atoms with van der Waals surface area (Å²) in [5.74, 6) is -3.11. The van der Waals surface area contributed by atoms with Gasteiger partial charge in [-0.2, -0.15) is 5.26 Å². The van der Waals surface area contributed by atoms with Crippen LogP contribution in [0, 0.1) is 28.8 Å². The van der Waals surface area contributed by atoms with Crippen LogP contribution in [0.25, 0.3) is 11.3 Å². The van der Waals surface area contributed by atoms with Crippen LogP contribution < -0.4 is 0 Å². The lowest BCUT2D eigenvalue weighted by Crippen LogP contribution is -1.97. The molecule has 84 valence electrons. The minimum absolute atomic E-state index is 0.0419. The molecule has 0 radical (unpaired) electrons. The van der Waals surface area contributed by atoms with E-state index in [0.29, 0.717) is 0 Å². The van der Waals surface area contributed by atoms with Crippen LogP contribution in [0.5, 0.6) is 0 Å². The van der Waals surface area contributed by atoms with Gasteiger partial charge < -0.3 is 0 Å². The van der Waals surface area contributed by atoms with Gasteiger partial charge in [-0.25, -0.2) is 23.1 Å². The summed E-state index contributed by atoms with van der Waals surface area (Å²) >= 11 is 0. The van der Waals surface area contributed by atoms with Crippen molar-refractivity contribution in [3.05, 3.63) is 47.7 Å². The van der Waals surface area contributed by atoms with E-state index in [0.717, 1.165) is 18.5 Å². The average Bonchev–Trinajstić information content (AvgIpc) is 2.33. The van der Waals surface area contributed by atoms with E-state index in [1.165, 1.54) is 12.1 Å². The van der Waals surface area contributed by atoms with Gasteiger partial charge in [0.1, 0.15) is 18.1 Å². The quantitative estimate of drug-likeness (QED) is 0.762. The lowest BCUT2D eigenvalue weighted by atomic mass is 10.1. The maximum atomic E-state index is 13.6. The smallest absolute Gasteiger partial charge is 0.185 e. The summed E-state index contributed by atoms with van der Waals surface area (Å²) in [6.07, 6.45) is 0.984. The van der Waals surface area contributed by atoms with E-state index < -0.39 is 23.1 Å². The number of hydrogen-bond donors (Lipinski definition) is 0. The number of hydrogen-bond acceptors (Lipinski definition) is 3. The summed E-state index contributed by atoms with van der Waals surface area (Å²) in [6, 6.07) is 4.38. The number of halogens is 3. The Labute approximate surface area is 94.2 Å². The van der Waals surface area contributed by atoms with E-state index in [2.05, 4.69) is 9.97 Å². The van der Waals surface area contributed by atoms with Crippen LogP contribution in [0.1, 0.15) is 5.69 Å². The lowest BCUT2D eigenvalue weighted by molar-refractivity contribution is 0.509. The molecule has 0 saturated heterocycles. The zero-order valence-electron chi connectivity index (χ0n) is 8.28. The molecular formula is C11H4F3N3. The van der Waals surface area contributed by atoms with E-state index in [1.54, 1.807) is 0 Å². The molecule has 0 bridgehead atoms. The van der Waals surface area contributed by atoms with Gasteiger partial charge in [0, 0.05) is 5.56 Å². The molecule has 17 heavy (non-hydrogen) atoms. The van der Waals surface area contributed by atoms with Crippen LogP contribution in [0.2, 0.25) is 0 Å². The molecule has 0 amide bonds. The monoisotopic (exact) mass is 235 g/mol. The van der Waals surface area contributed by atoms with Crippen LogP contribution >= 0.6 is 0 Å². The first-order valence-corrected chi connectivity index (χ1v) is 4.49. The van der Waals surface area contributed by atoms with Gasteiger partial charge in [-0.1, -0.05) is 0 Å². The molecule has 1 heterocycles.